The highest BCUT2D eigenvalue weighted by Crippen LogP contribution is 2.22. The van der Waals surface area contributed by atoms with Gasteiger partial charge in [0.2, 0.25) is 0 Å². The van der Waals surface area contributed by atoms with E-state index in [2.05, 4.69) is 5.32 Å². The van der Waals surface area contributed by atoms with Crippen LogP contribution in [0.2, 0.25) is 0 Å². The highest BCUT2D eigenvalue weighted by Gasteiger charge is 2.19. The smallest absolute Gasteiger partial charge is 0.131 e. The molecule has 0 fully saturated rings. The summed E-state index contributed by atoms with van der Waals surface area (Å²) in [7, 11) is 0. The van der Waals surface area contributed by atoms with Crippen LogP contribution in [0.5, 0.6) is 0 Å². The molecule has 0 aliphatic heterocycles. The monoisotopic (exact) mass is 295 g/mol. The zero-order valence-electron chi connectivity index (χ0n) is 12.1. The van der Waals surface area contributed by atoms with Gasteiger partial charge in [-0.1, -0.05) is 13.0 Å². The van der Waals surface area contributed by atoms with E-state index in [1.54, 1.807) is 0 Å². The van der Waals surface area contributed by atoms with E-state index in [-0.39, 0.29) is 18.2 Å². The standard InChI is InChI=1S/C16H19F2NO2/c1-3-11-7-8-15(21-11)10(2)19-9-14(20)16-12(17)5-4-6-13(16)18/h4-8,10,14,19-20H,3,9H2,1-2H3. The van der Waals surface area contributed by atoms with Gasteiger partial charge in [-0.2, -0.15) is 0 Å². The third-order valence-electron chi connectivity index (χ3n) is 3.41. The predicted molar refractivity (Wildman–Crippen MR) is 75.8 cm³/mol. The van der Waals surface area contributed by atoms with Crippen LogP contribution in [-0.2, 0) is 6.42 Å². The molecule has 5 heteroatoms. The van der Waals surface area contributed by atoms with Crippen molar-refractivity contribution in [3.8, 4) is 0 Å². The number of aryl methyl sites for hydroxylation is 1. The fraction of sp³-hybridized carbons (Fsp3) is 0.375. The molecule has 2 aromatic rings. The molecule has 0 bridgehead atoms. The molecule has 2 rings (SSSR count). The molecule has 0 saturated carbocycles. The van der Waals surface area contributed by atoms with Gasteiger partial charge in [-0.05, 0) is 31.2 Å². The van der Waals surface area contributed by atoms with Crippen molar-refractivity contribution in [1.29, 1.82) is 0 Å². The van der Waals surface area contributed by atoms with Gasteiger partial charge in [0.1, 0.15) is 23.2 Å². The zero-order valence-corrected chi connectivity index (χ0v) is 12.1. The van der Waals surface area contributed by atoms with E-state index in [0.29, 0.717) is 0 Å². The summed E-state index contributed by atoms with van der Waals surface area (Å²) in [6.07, 6.45) is -0.454. The van der Waals surface area contributed by atoms with Crippen molar-refractivity contribution in [2.45, 2.75) is 32.4 Å². The van der Waals surface area contributed by atoms with Gasteiger partial charge in [0, 0.05) is 13.0 Å². The second kappa shape index (κ2) is 6.83. The van der Waals surface area contributed by atoms with Crippen LogP contribution in [0.3, 0.4) is 0 Å². The Kier molecular flexibility index (Phi) is 5.09. The number of furan rings is 1. The molecular weight excluding hydrogens is 276 g/mol. The molecule has 0 spiro atoms. The molecule has 1 aromatic carbocycles. The van der Waals surface area contributed by atoms with Crippen molar-refractivity contribution in [3.05, 3.63) is 59.1 Å². The van der Waals surface area contributed by atoms with Gasteiger partial charge in [0.05, 0.1) is 17.7 Å². The number of hydrogen-bond acceptors (Lipinski definition) is 3. The zero-order chi connectivity index (χ0) is 15.4. The Morgan fingerprint density at radius 1 is 1.19 bits per heavy atom. The topological polar surface area (TPSA) is 45.4 Å². The first-order valence-electron chi connectivity index (χ1n) is 6.96. The maximum Gasteiger partial charge on any atom is 0.131 e. The molecule has 0 aliphatic carbocycles. The summed E-state index contributed by atoms with van der Waals surface area (Å²) in [4.78, 5) is 0. The van der Waals surface area contributed by atoms with Crippen LogP contribution >= 0.6 is 0 Å². The van der Waals surface area contributed by atoms with Crippen molar-refractivity contribution >= 4 is 0 Å². The largest absolute Gasteiger partial charge is 0.464 e. The summed E-state index contributed by atoms with van der Waals surface area (Å²) in [5.74, 6) is 0.110. The fourth-order valence-electron chi connectivity index (χ4n) is 2.14. The van der Waals surface area contributed by atoms with E-state index in [9.17, 15) is 13.9 Å². The summed E-state index contributed by atoms with van der Waals surface area (Å²) in [5.41, 5.74) is -0.314. The number of aliphatic hydroxyl groups excluding tert-OH is 1. The van der Waals surface area contributed by atoms with E-state index in [1.807, 2.05) is 26.0 Å². The predicted octanol–water partition coefficient (Wildman–Crippen LogP) is 3.50. The minimum absolute atomic E-state index is 0.0289. The van der Waals surface area contributed by atoms with Gasteiger partial charge in [-0.25, -0.2) is 8.78 Å². The number of benzene rings is 1. The van der Waals surface area contributed by atoms with E-state index in [1.165, 1.54) is 6.07 Å². The Bertz CT molecular complexity index is 577. The molecule has 0 amide bonds. The van der Waals surface area contributed by atoms with E-state index in [0.717, 1.165) is 30.1 Å². The van der Waals surface area contributed by atoms with E-state index < -0.39 is 17.7 Å². The van der Waals surface area contributed by atoms with Gasteiger partial charge < -0.3 is 14.8 Å². The quantitative estimate of drug-likeness (QED) is 0.857. The van der Waals surface area contributed by atoms with Crippen molar-refractivity contribution in [2.75, 3.05) is 6.54 Å². The molecule has 0 aliphatic rings. The molecule has 1 aromatic heterocycles. The summed E-state index contributed by atoms with van der Waals surface area (Å²) in [6, 6.07) is 7.12. The first kappa shape index (κ1) is 15.7. The van der Waals surface area contributed by atoms with Crippen molar-refractivity contribution in [3.63, 3.8) is 0 Å². The average Bonchev–Trinajstić information content (AvgIpc) is 2.93. The van der Waals surface area contributed by atoms with Gasteiger partial charge in [-0.3, -0.25) is 0 Å². The Labute approximate surface area is 122 Å². The molecule has 3 nitrogen and oxygen atoms in total. The number of hydrogen-bond donors (Lipinski definition) is 2. The summed E-state index contributed by atoms with van der Waals surface area (Å²) < 4.78 is 32.7. The third kappa shape index (κ3) is 3.68. The highest BCUT2D eigenvalue weighted by molar-refractivity contribution is 5.22. The molecule has 0 radical (unpaired) electrons. The molecule has 2 unspecified atom stereocenters. The highest BCUT2D eigenvalue weighted by atomic mass is 19.1. The fourth-order valence-corrected chi connectivity index (χ4v) is 2.14. The van der Waals surface area contributed by atoms with Crippen LogP contribution in [-0.4, -0.2) is 11.7 Å². The Morgan fingerprint density at radius 2 is 1.86 bits per heavy atom. The van der Waals surface area contributed by atoms with E-state index in [4.69, 9.17) is 4.42 Å². The van der Waals surface area contributed by atoms with Crippen molar-refractivity contribution in [1.82, 2.24) is 5.32 Å². The molecule has 0 saturated heterocycles. The number of halogens is 2. The lowest BCUT2D eigenvalue weighted by Crippen LogP contribution is -2.25. The molecule has 21 heavy (non-hydrogen) atoms. The second-order valence-corrected chi connectivity index (χ2v) is 4.94. The summed E-state index contributed by atoms with van der Waals surface area (Å²) in [6.45, 7) is 3.88. The van der Waals surface area contributed by atoms with Crippen molar-refractivity contribution in [2.24, 2.45) is 0 Å². The average molecular weight is 295 g/mol. The molecule has 2 N–H and O–H groups in total. The minimum Gasteiger partial charge on any atom is -0.464 e. The number of rotatable bonds is 6. The Hall–Kier alpha value is -1.72. The van der Waals surface area contributed by atoms with Crippen LogP contribution in [0.15, 0.2) is 34.7 Å². The van der Waals surface area contributed by atoms with Crippen LogP contribution in [0, 0.1) is 11.6 Å². The molecule has 114 valence electrons. The number of aliphatic hydroxyl groups is 1. The minimum atomic E-state index is -1.26. The van der Waals surface area contributed by atoms with Gasteiger partial charge in [0.25, 0.3) is 0 Å². The first-order valence-corrected chi connectivity index (χ1v) is 6.96. The molecule has 1 heterocycles. The maximum atomic E-state index is 13.6. The van der Waals surface area contributed by atoms with Gasteiger partial charge in [-0.15, -0.1) is 0 Å². The normalized spacial score (nSPS) is 14.1. The maximum absolute atomic E-state index is 13.6. The van der Waals surface area contributed by atoms with Crippen LogP contribution in [0.4, 0.5) is 8.78 Å². The lowest BCUT2D eigenvalue weighted by atomic mass is 10.1. The van der Waals surface area contributed by atoms with Gasteiger partial charge in [0.15, 0.2) is 0 Å². The summed E-state index contributed by atoms with van der Waals surface area (Å²) >= 11 is 0. The van der Waals surface area contributed by atoms with Crippen LogP contribution in [0.1, 0.15) is 43.1 Å². The third-order valence-corrected chi connectivity index (χ3v) is 3.41. The van der Waals surface area contributed by atoms with Crippen LogP contribution < -0.4 is 5.32 Å². The van der Waals surface area contributed by atoms with E-state index >= 15 is 0 Å². The van der Waals surface area contributed by atoms with Crippen LogP contribution in [0.25, 0.3) is 0 Å². The summed E-state index contributed by atoms with van der Waals surface area (Å²) in [5, 5.41) is 13.0. The first-order chi connectivity index (χ1) is 10.0. The SMILES string of the molecule is CCc1ccc(C(C)NCC(O)c2c(F)cccc2F)o1. The van der Waals surface area contributed by atoms with Gasteiger partial charge >= 0.3 is 0 Å². The molecule has 2 atom stereocenters. The molecular formula is C16H19F2NO2. The van der Waals surface area contributed by atoms with Crippen molar-refractivity contribution < 1.29 is 18.3 Å². The number of nitrogens with one attached hydrogen (secondary N) is 1. The lowest BCUT2D eigenvalue weighted by molar-refractivity contribution is 0.159. The Balaban J connectivity index is 1.99. The second-order valence-electron chi connectivity index (χ2n) is 4.94. The lowest BCUT2D eigenvalue weighted by Gasteiger charge is -2.17. The Morgan fingerprint density at radius 3 is 2.43 bits per heavy atom.